The van der Waals surface area contributed by atoms with Crippen molar-refractivity contribution in [1.29, 1.82) is 0 Å². The van der Waals surface area contributed by atoms with E-state index < -0.39 is 34.9 Å². The summed E-state index contributed by atoms with van der Waals surface area (Å²) < 4.78 is -0.555. The van der Waals surface area contributed by atoms with Gasteiger partial charge in [-0.2, -0.15) is 0 Å². The van der Waals surface area contributed by atoms with Crippen LogP contribution in [-0.4, -0.2) is 39.8 Å². The van der Waals surface area contributed by atoms with Crippen LogP contribution in [0.15, 0.2) is 36.4 Å². The van der Waals surface area contributed by atoms with E-state index in [9.17, 15) is 15.3 Å². The quantitative estimate of drug-likeness (QED) is 0.0194. The number of phenolic OH excluding ortho intramolecular Hbond substituents is 3. The van der Waals surface area contributed by atoms with E-state index in [1.54, 1.807) is 5.56 Å². The standard InChI is InChI=1S/C115H207O3.H3O3P.H2O3P.O3P.Ta/c1-19-25-31-37-43-49-55-61-67-73-79-85-113(86-80-74-68-62-56-50-44-38-32-26-20-2,87-81-75-69-63-57-51-45-39-33-27-21-3)115(90-84-78-72-66-60-54-48-42-36-30-24-6,102-96-105(112(16,17)18)108(118)93-99(102)9)114(88-82-76-70-64-58-52-46-40-34-28-22-4,89-83-77-71-65-59-53-47-41-35-29-23-5)109(100-94-103(110(10,11)12)106(116)91-97(100)7)101-95-104(111(13,14)15)107(117)92-98(101)8;3*1-4(2)3;/h91-96,116-118H,19-90H2,1-18H3;1-3H;1-2H;;/q;;-1;-3;+4. The fourth-order valence-corrected chi connectivity index (χ4v) is 25.5. The molecule has 0 aromatic heterocycles. The number of phenols is 3. The molecule has 0 saturated heterocycles. The summed E-state index contributed by atoms with van der Waals surface area (Å²) in [6, 6.07) is 15.0. The number of rotatable bonds is 78. The zero-order valence-corrected chi connectivity index (χ0v) is 94.8. The fourth-order valence-electron chi connectivity index (χ4n) is 22.3. The summed E-state index contributed by atoms with van der Waals surface area (Å²) in [7, 11) is -8.86. The SMILES string of the molecule is CCCCCCCCCCCCCC(CCCCCCCCCCCCC)(CCCCCCCCCCCCC)C(CCCCCCCCCCCCC)(c1cc(C(C)(C)C)c(O)cc1C)C(CCCCCCCCCCCCC)(CCCCCCCCCCCCC)[C]([Ta+4])(c1cc(C(C)(C)C)c(O)cc1C)c1cc(C(C)(C)C)c(O)cc1C.OP(O)O.[O-]P(O)O.[O-]P([O-])[O-]. The van der Waals surface area contributed by atoms with Crippen LogP contribution in [0.5, 0.6) is 17.2 Å². The Bertz CT molecular complexity index is 2980. The van der Waals surface area contributed by atoms with E-state index >= 15 is 0 Å². The molecule has 1 atom stereocenters. The molecular formula is C115H212O12P3Ta. The van der Waals surface area contributed by atoms with Crippen molar-refractivity contribution in [2.45, 2.75) is 612 Å². The number of aromatic hydroxyl groups is 3. The Morgan fingerprint density at radius 2 is 0.382 bits per heavy atom. The van der Waals surface area contributed by atoms with Gasteiger partial charge in [-0.1, -0.05) is 164 Å². The second-order valence-electron chi connectivity index (χ2n) is 43.7. The van der Waals surface area contributed by atoms with E-state index in [-0.39, 0.29) is 27.1 Å². The van der Waals surface area contributed by atoms with Crippen LogP contribution < -0.4 is 19.6 Å². The van der Waals surface area contributed by atoms with E-state index in [0.717, 1.165) is 36.0 Å². The van der Waals surface area contributed by atoms with Crippen molar-refractivity contribution in [2.75, 3.05) is 0 Å². The Hall–Kier alpha value is -1.27. The molecule has 3 aromatic carbocycles. The van der Waals surface area contributed by atoms with E-state index in [1.165, 1.54) is 492 Å². The molecule has 0 radical (unpaired) electrons. The van der Waals surface area contributed by atoms with Crippen LogP contribution in [0.3, 0.4) is 0 Å². The minimum atomic E-state index is -3.37. The summed E-state index contributed by atoms with van der Waals surface area (Å²) in [5.41, 5.74) is 9.74. The number of aryl methyl sites for hydroxylation is 3. The first kappa shape index (κ1) is 130. The van der Waals surface area contributed by atoms with Gasteiger partial charge in [0.05, 0.1) is 8.60 Å². The van der Waals surface area contributed by atoms with Crippen LogP contribution >= 0.6 is 25.8 Å². The van der Waals surface area contributed by atoms with E-state index in [0.29, 0.717) is 17.2 Å². The third-order valence-corrected chi connectivity index (χ3v) is 32.7. The van der Waals surface area contributed by atoms with Gasteiger partial charge in [0.1, 0.15) is 0 Å². The zero-order valence-electron chi connectivity index (χ0n) is 88.9. The molecule has 0 aliphatic carbocycles. The van der Waals surface area contributed by atoms with Gasteiger partial charge < -0.3 is 52.6 Å². The van der Waals surface area contributed by atoms with Gasteiger partial charge in [0.25, 0.3) is 0 Å². The normalized spacial score (nSPS) is 12.9. The zero-order chi connectivity index (χ0) is 98.3. The molecule has 0 spiro atoms. The molecule has 0 fully saturated rings. The maximum absolute atomic E-state index is 13.2. The second kappa shape index (κ2) is 78.3. The summed E-state index contributed by atoms with van der Waals surface area (Å²) in [4.78, 5) is 70.1. The first-order chi connectivity index (χ1) is 62.4. The van der Waals surface area contributed by atoms with Crippen LogP contribution in [0, 0.1) is 31.6 Å². The summed E-state index contributed by atoms with van der Waals surface area (Å²) in [5, 5.41) is 39.0. The predicted molar refractivity (Wildman–Crippen MR) is 560 cm³/mol. The Morgan fingerprint density at radius 3 is 0.557 bits per heavy atom. The Balaban J connectivity index is 0.0000132. The van der Waals surface area contributed by atoms with Gasteiger partial charge in [-0.3, -0.25) is 0 Å². The smallest absolute Gasteiger partial charge is 0.324 e. The summed E-state index contributed by atoms with van der Waals surface area (Å²) in [6.07, 6.45) is 95.5. The summed E-state index contributed by atoms with van der Waals surface area (Å²) in [5.74, 6) is 1.36. The monoisotopic (exact) mass is 2060 g/mol. The first-order valence-corrected chi connectivity index (χ1v) is 60.3. The Labute approximate surface area is 827 Å². The van der Waals surface area contributed by atoms with Crippen LogP contribution in [0.25, 0.3) is 0 Å². The predicted octanol–water partition coefficient (Wildman–Crippen LogP) is 34.6. The number of benzene rings is 3. The molecule has 8 N–H and O–H groups in total. The van der Waals surface area contributed by atoms with Gasteiger partial charge in [-0.15, -0.1) is 0 Å². The first-order valence-electron chi connectivity index (χ1n) is 55.2. The van der Waals surface area contributed by atoms with Crippen LogP contribution in [0.1, 0.15) is 616 Å². The number of hydrogen-bond donors (Lipinski definition) is 8. The van der Waals surface area contributed by atoms with E-state index in [1.807, 2.05) is 0 Å². The summed E-state index contributed by atoms with van der Waals surface area (Å²) in [6.45, 7) is 43.0. The van der Waals surface area contributed by atoms with Crippen molar-refractivity contribution in [3.8, 4) is 17.2 Å². The minimum Gasteiger partial charge on any atom is -0.854 e. The summed E-state index contributed by atoms with van der Waals surface area (Å²) >= 11 is 1.23. The minimum absolute atomic E-state index is 0.115. The van der Waals surface area contributed by atoms with Gasteiger partial charge in [-0.25, -0.2) is 0 Å². The maximum atomic E-state index is 13.2. The molecule has 3 aromatic rings. The van der Waals surface area contributed by atoms with Gasteiger partial charge in [-0.05, 0) is 0 Å². The van der Waals surface area contributed by atoms with Crippen molar-refractivity contribution in [3.63, 3.8) is 0 Å². The maximum Gasteiger partial charge on any atom is 0.324 e. The van der Waals surface area contributed by atoms with Gasteiger partial charge in [0.2, 0.25) is 0 Å². The molecule has 16 heteroatoms. The van der Waals surface area contributed by atoms with Crippen LogP contribution in [0.2, 0.25) is 0 Å². The molecule has 0 bridgehead atoms. The Morgan fingerprint density at radius 1 is 0.237 bits per heavy atom. The second-order valence-corrected chi connectivity index (χ2v) is 47.6. The molecule has 0 aliphatic rings. The average molecular weight is 2060 g/mol. The van der Waals surface area contributed by atoms with E-state index in [4.69, 9.17) is 44.0 Å². The van der Waals surface area contributed by atoms with Crippen molar-refractivity contribution >= 4 is 25.8 Å². The molecule has 1 unspecified atom stereocenters. The topological polar surface area (TPSA) is 254 Å². The molecule has 0 aliphatic heterocycles. The molecule has 0 heterocycles. The van der Waals surface area contributed by atoms with E-state index in [2.05, 4.69) is 161 Å². The van der Waals surface area contributed by atoms with Gasteiger partial charge in [0, 0.05) is 0 Å². The van der Waals surface area contributed by atoms with Crippen molar-refractivity contribution < 1.29 is 80.4 Å². The molecule has 764 valence electrons. The number of unbranched alkanes of at least 4 members (excludes halogenated alkanes) is 60. The third-order valence-electron chi connectivity index (χ3n) is 29.5. The van der Waals surface area contributed by atoms with Gasteiger partial charge in [0.15, 0.2) is 0 Å². The molecule has 0 saturated carbocycles. The third kappa shape index (κ3) is 55.1. The van der Waals surface area contributed by atoms with Crippen molar-refractivity contribution in [3.05, 3.63) is 86.5 Å². The van der Waals surface area contributed by atoms with Crippen LogP contribution in [0.4, 0.5) is 0 Å². The van der Waals surface area contributed by atoms with Crippen molar-refractivity contribution in [1.82, 2.24) is 0 Å². The largest absolute Gasteiger partial charge is 0.854 e. The van der Waals surface area contributed by atoms with Gasteiger partial charge >= 0.3 is 608 Å². The molecule has 0 amide bonds. The number of hydrogen-bond acceptors (Lipinski definition) is 12. The molecular weight excluding hydrogens is 1850 g/mol. The fraction of sp³-hybridized carbons (Fsp3) is 0.843. The molecule has 3 rings (SSSR count). The van der Waals surface area contributed by atoms with Crippen molar-refractivity contribution in [2.24, 2.45) is 10.8 Å². The molecule has 12 nitrogen and oxygen atoms in total. The Kier molecular flexibility index (Phi) is 77.6. The van der Waals surface area contributed by atoms with Crippen LogP contribution in [-0.2, 0) is 46.4 Å². The average Bonchev–Trinajstić information content (AvgIpc) is 0.667. The molecule has 131 heavy (non-hydrogen) atoms.